The van der Waals surface area contributed by atoms with Gasteiger partial charge in [-0.25, -0.2) is 9.78 Å². The lowest BCUT2D eigenvalue weighted by Gasteiger charge is -2.04. The van der Waals surface area contributed by atoms with Crippen LogP contribution in [-0.4, -0.2) is 10.9 Å². The molecule has 1 N–H and O–H groups in total. The van der Waals surface area contributed by atoms with E-state index < -0.39 is 11.5 Å². The Bertz CT molecular complexity index is 1300. The van der Waals surface area contributed by atoms with Crippen molar-refractivity contribution in [2.24, 2.45) is 0 Å². The van der Waals surface area contributed by atoms with Gasteiger partial charge in [-0.05, 0) is 35.9 Å². The van der Waals surface area contributed by atoms with Crippen LogP contribution in [-0.2, 0) is 6.42 Å². The van der Waals surface area contributed by atoms with Gasteiger partial charge >= 0.3 is 5.63 Å². The van der Waals surface area contributed by atoms with Gasteiger partial charge in [0.25, 0.3) is 5.91 Å². The Hall–Kier alpha value is -2.38. The summed E-state index contributed by atoms with van der Waals surface area (Å²) in [4.78, 5) is 29.8. The second kappa shape index (κ2) is 8.16. The Morgan fingerprint density at radius 2 is 1.97 bits per heavy atom. The fraction of sp³-hybridized carbons (Fsp3) is 0.0500. The Kier molecular flexibility index (Phi) is 5.61. The maximum absolute atomic E-state index is 12.6. The van der Waals surface area contributed by atoms with Crippen LogP contribution in [0.1, 0.15) is 20.8 Å². The lowest BCUT2D eigenvalue weighted by molar-refractivity contribution is 0.102. The summed E-state index contributed by atoms with van der Waals surface area (Å²) in [7, 11) is 0. The zero-order valence-electron chi connectivity index (χ0n) is 14.5. The van der Waals surface area contributed by atoms with Gasteiger partial charge in [0.1, 0.15) is 11.1 Å². The van der Waals surface area contributed by atoms with Gasteiger partial charge in [0, 0.05) is 27.9 Å². The van der Waals surface area contributed by atoms with E-state index >= 15 is 0 Å². The van der Waals surface area contributed by atoms with Gasteiger partial charge < -0.3 is 4.42 Å². The van der Waals surface area contributed by atoms with E-state index in [2.05, 4.69) is 10.3 Å². The van der Waals surface area contributed by atoms with E-state index in [-0.39, 0.29) is 5.56 Å². The largest absolute Gasteiger partial charge is 0.422 e. The zero-order chi connectivity index (χ0) is 20.5. The first-order chi connectivity index (χ1) is 13.9. The molecule has 5 nitrogen and oxygen atoms in total. The summed E-state index contributed by atoms with van der Waals surface area (Å²) in [5.74, 6) is -0.609. The molecular weight excluding hydrogens is 455 g/mol. The Balaban J connectivity index is 1.55. The van der Waals surface area contributed by atoms with Gasteiger partial charge in [-0.1, -0.05) is 46.9 Å². The van der Waals surface area contributed by atoms with Crippen LogP contribution in [0.3, 0.4) is 0 Å². The van der Waals surface area contributed by atoms with Crippen molar-refractivity contribution >= 4 is 68.1 Å². The highest BCUT2D eigenvalue weighted by Crippen LogP contribution is 2.29. The number of carbonyl (C=O) groups is 1. The minimum Gasteiger partial charge on any atom is -0.422 e. The molecule has 0 unspecified atom stereocenters. The quantitative estimate of drug-likeness (QED) is 0.372. The van der Waals surface area contributed by atoms with Crippen LogP contribution in [0.2, 0.25) is 15.1 Å². The number of anilines is 1. The van der Waals surface area contributed by atoms with Crippen molar-refractivity contribution in [2.75, 3.05) is 5.32 Å². The van der Waals surface area contributed by atoms with E-state index in [4.69, 9.17) is 39.2 Å². The van der Waals surface area contributed by atoms with E-state index in [0.29, 0.717) is 37.6 Å². The lowest BCUT2D eigenvalue weighted by Crippen LogP contribution is -2.20. The fourth-order valence-corrected chi connectivity index (χ4v) is 4.13. The van der Waals surface area contributed by atoms with Gasteiger partial charge in [-0.3, -0.25) is 10.1 Å². The molecule has 4 rings (SSSR count). The molecule has 0 saturated carbocycles. The molecule has 0 bridgehead atoms. The molecule has 0 fully saturated rings. The minimum absolute atomic E-state index is 0.130. The maximum atomic E-state index is 12.6. The summed E-state index contributed by atoms with van der Waals surface area (Å²) < 4.78 is 5.20. The third-order valence-corrected chi connectivity index (χ3v) is 6.12. The summed E-state index contributed by atoms with van der Waals surface area (Å²) in [6.07, 6.45) is 2.16. The molecule has 0 aliphatic heterocycles. The molecule has 146 valence electrons. The van der Waals surface area contributed by atoms with Crippen molar-refractivity contribution in [2.45, 2.75) is 6.42 Å². The van der Waals surface area contributed by atoms with Crippen LogP contribution in [0.15, 0.2) is 57.9 Å². The first kappa shape index (κ1) is 19.9. The monoisotopic (exact) mass is 464 g/mol. The van der Waals surface area contributed by atoms with E-state index in [1.165, 1.54) is 17.4 Å². The van der Waals surface area contributed by atoms with Gasteiger partial charge in [0.15, 0.2) is 5.13 Å². The molecule has 0 aliphatic carbocycles. The number of nitrogens with zero attached hydrogens (tertiary/aromatic N) is 1. The molecule has 0 atom stereocenters. The van der Waals surface area contributed by atoms with Crippen LogP contribution >= 0.6 is 46.1 Å². The topological polar surface area (TPSA) is 72.2 Å². The number of hydrogen-bond acceptors (Lipinski definition) is 5. The molecule has 0 aliphatic rings. The number of nitrogens with one attached hydrogen (secondary N) is 1. The van der Waals surface area contributed by atoms with Crippen LogP contribution in [0, 0.1) is 0 Å². The number of benzene rings is 2. The van der Waals surface area contributed by atoms with Crippen molar-refractivity contribution in [1.29, 1.82) is 0 Å². The minimum atomic E-state index is -0.736. The molecule has 0 spiro atoms. The first-order valence-corrected chi connectivity index (χ1v) is 10.3. The predicted octanol–water partition coefficient (Wildman–Crippen LogP) is 6.05. The van der Waals surface area contributed by atoms with Crippen molar-refractivity contribution in [3.63, 3.8) is 0 Å². The van der Waals surface area contributed by atoms with Crippen LogP contribution < -0.4 is 10.9 Å². The second-order valence-corrected chi connectivity index (χ2v) is 8.44. The number of rotatable bonds is 4. The molecule has 0 saturated heterocycles. The molecule has 29 heavy (non-hydrogen) atoms. The maximum Gasteiger partial charge on any atom is 0.349 e. The normalized spacial score (nSPS) is 11.0. The number of fused-ring (bicyclic) bond motifs is 1. The molecule has 1 amide bonds. The molecular formula is C20H11Cl3N2O3S. The standard InChI is InChI=1S/C20H11Cl3N2O3S/c21-12-4-5-16-11(6-12)8-14(19(27)28-16)18(26)25-20-24-9-13(29-20)7-10-2-1-3-15(22)17(10)23/h1-6,8-9H,7H2,(H,24,25,26). The highest BCUT2D eigenvalue weighted by molar-refractivity contribution is 7.15. The molecule has 2 heterocycles. The van der Waals surface area contributed by atoms with Crippen molar-refractivity contribution in [3.05, 3.63) is 90.2 Å². The Labute approximate surface area is 183 Å². The molecule has 2 aromatic heterocycles. The molecule has 2 aromatic carbocycles. The number of amides is 1. The van der Waals surface area contributed by atoms with Crippen LogP contribution in [0.5, 0.6) is 0 Å². The smallest absolute Gasteiger partial charge is 0.349 e. The number of thiazole rings is 1. The SMILES string of the molecule is O=C(Nc1ncc(Cc2cccc(Cl)c2Cl)s1)c1cc2cc(Cl)ccc2oc1=O. The summed E-state index contributed by atoms with van der Waals surface area (Å²) in [5, 5.41) is 4.97. The number of halogens is 3. The first-order valence-electron chi connectivity index (χ1n) is 8.33. The third kappa shape index (κ3) is 4.31. The van der Waals surface area contributed by atoms with Gasteiger partial charge in [-0.2, -0.15) is 0 Å². The Morgan fingerprint density at radius 3 is 2.79 bits per heavy atom. The van der Waals surface area contributed by atoms with Gasteiger partial charge in [0.05, 0.1) is 10.0 Å². The fourth-order valence-electron chi connectivity index (χ4n) is 2.74. The third-order valence-electron chi connectivity index (χ3n) is 4.11. The van der Waals surface area contributed by atoms with Crippen molar-refractivity contribution < 1.29 is 9.21 Å². The zero-order valence-corrected chi connectivity index (χ0v) is 17.6. The highest BCUT2D eigenvalue weighted by Gasteiger charge is 2.16. The highest BCUT2D eigenvalue weighted by atomic mass is 35.5. The summed E-state index contributed by atoms with van der Waals surface area (Å²) in [6.45, 7) is 0. The van der Waals surface area contributed by atoms with Crippen molar-refractivity contribution in [3.8, 4) is 0 Å². The van der Waals surface area contributed by atoms with Crippen molar-refractivity contribution in [1.82, 2.24) is 4.98 Å². The molecule has 4 aromatic rings. The van der Waals surface area contributed by atoms with Crippen LogP contribution in [0.25, 0.3) is 11.0 Å². The van der Waals surface area contributed by atoms with E-state index in [1.807, 2.05) is 12.1 Å². The summed E-state index contributed by atoms with van der Waals surface area (Å²) >= 11 is 19.5. The van der Waals surface area contributed by atoms with E-state index in [9.17, 15) is 9.59 Å². The van der Waals surface area contributed by atoms with Crippen LogP contribution in [0.4, 0.5) is 5.13 Å². The lowest BCUT2D eigenvalue weighted by atomic mass is 10.1. The predicted molar refractivity (Wildman–Crippen MR) is 117 cm³/mol. The number of hydrogen-bond donors (Lipinski definition) is 1. The Morgan fingerprint density at radius 1 is 1.14 bits per heavy atom. The van der Waals surface area contributed by atoms with E-state index in [0.717, 1.165) is 10.4 Å². The number of carbonyl (C=O) groups excluding carboxylic acids is 1. The second-order valence-electron chi connectivity index (χ2n) is 6.11. The average Bonchev–Trinajstić information content (AvgIpc) is 3.12. The average molecular weight is 466 g/mol. The van der Waals surface area contributed by atoms with E-state index in [1.54, 1.807) is 30.5 Å². The van der Waals surface area contributed by atoms with Gasteiger partial charge in [0.2, 0.25) is 0 Å². The molecule has 9 heteroatoms. The summed E-state index contributed by atoms with van der Waals surface area (Å²) in [6, 6.07) is 11.7. The number of aromatic nitrogens is 1. The van der Waals surface area contributed by atoms with Gasteiger partial charge in [-0.15, -0.1) is 11.3 Å². The summed E-state index contributed by atoms with van der Waals surface area (Å²) in [5.41, 5.74) is 0.341. The molecule has 0 radical (unpaired) electrons.